The van der Waals surface area contributed by atoms with E-state index in [0.717, 1.165) is 16.7 Å². The Labute approximate surface area is 103 Å². The molecule has 1 aromatic carbocycles. The van der Waals surface area contributed by atoms with E-state index in [1.165, 1.54) is 4.68 Å². The minimum Gasteiger partial charge on any atom is -0.345 e. The van der Waals surface area contributed by atoms with Gasteiger partial charge in [-0.05, 0) is 24.3 Å². The van der Waals surface area contributed by atoms with Crippen molar-refractivity contribution in [2.45, 2.75) is 0 Å². The maximum absolute atomic E-state index is 12.0. The van der Waals surface area contributed by atoms with E-state index in [0.29, 0.717) is 5.69 Å². The summed E-state index contributed by atoms with van der Waals surface area (Å²) in [6, 6.07) is 7.18. The summed E-state index contributed by atoms with van der Waals surface area (Å²) in [5, 5.41) is 6.78. The average Bonchev–Trinajstić information content (AvgIpc) is 2.96. The largest absolute Gasteiger partial charge is 0.345 e. The summed E-state index contributed by atoms with van der Waals surface area (Å²) in [5.74, 6) is -0.186. The summed E-state index contributed by atoms with van der Waals surface area (Å²) in [5.41, 5.74) is 2.99. The third kappa shape index (κ3) is 1.73. The molecule has 2 aromatic heterocycles. The van der Waals surface area contributed by atoms with Gasteiger partial charge in [0.2, 0.25) is 0 Å². The van der Waals surface area contributed by atoms with Crippen LogP contribution in [0, 0.1) is 0 Å². The lowest BCUT2D eigenvalue weighted by Crippen LogP contribution is -2.15. The number of amides is 1. The number of nitrogens with one attached hydrogen (secondary N) is 2. The maximum atomic E-state index is 12.0. The fraction of sp³-hybridized carbons (Fsp3) is 0.0833. The highest BCUT2D eigenvalue weighted by atomic mass is 16.2. The van der Waals surface area contributed by atoms with Crippen molar-refractivity contribution in [2.24, 2.45) is 7.05 Å². The lowest BCUT2D eigenvalue weighted by atomic mass is 10.2. The van der Waals surface area contributed by atoms with Crippen LogP contribution in [0.5, 0.6) is 0 Å². The zero-order valence-electron chi connectivity index (χ0n) is 9.71. The van der Waals surface area contributed by atoms with Crippen molar-refractivity contribution in [1.82, 2.24) is 19.7 Å². The summed E-state index contributed by atoms with van der Waals surface area (Å²) in [6.07, 6.45) is 3.21. The first-order chi connectivity index (χ1) is 8.74. The second kappa shape index (κ2) is 3.99. The highest BCUT2D eigenvalue weighted by Gasteiger charge is 2.10. The van der Waals surface area contributed by atoms with Crippen molar-refractivity contribution in [3.05, 3.63) is 42.5 Å². The summed E-state index contributed by atoms with van der Waals surface area (Å²) in [6.45, 7) is 0. The quantitative estimate of drug-likeness (QED) is 0.714. The zero-order valence-corrected chi connectivity index (χ0v) is 9.71. The molecular weight excluding hydrogens is 230 g/mol. The molecule has 3 aromatic rings. The molecule has 3 rings (SSSR count). The number of rotatable bonds is 2. The van der Waals surface area contributed by atoms with E-state index in [-0.39, 0.29) is 5.91 Å². The minimum atomic E-state index is -0.186. The minimum absolute atomic E-state index is 0.186. The SMILES string of the molecule is Cn1nccc1C(=O)Nc1ccc2nc[nH]c2c1. The number of aryl methyl sites for hydroxylation is 1. The van der Waals surface area contributed by atoms with Crippen LogP contribution in [-0.4, -0.2) is 25.7 Å². The van der Waals surface area contributed by atoms with Gasteiger partial charge in [-0.15, -0.1) is 0 Å². The van der Waals surface area contributed by atoms with Crippen molar-refractivity contribution < 1.29 is 4.79 Å². The molecule has 6 heteroatoms. The van der Waals surface area contributed by atoms with Crippen molar-refractivity contribution in [1.29, 1.82) is 0 Å². The zero-order chi connectivity index (χ0) is 12.5. The van der Waals surface area contributed by atoms with Crippen LogP contribution in [0.25, 0.3) is 11.0 Å². The molecule has 0 aliphatic heterocycles. The van der Waals surface area contributed by atoms with Gasteiger partial charge in [-0.1, -0.05) is 0 Å². The van der Waals surface area contributed by atoms with Gasteiger partial charge in [0.25, 0.3) is 5.91 Å². The number of anilines is 1. The predicted octanol–water partition coefficient (Wildman–Crippen LogP) is 1.55. The maximum Gasteiger partial charge on any atom is 0.273 e. The molecule has 0 radical (unpaired) electrons. The van der Waals surface area contributed by atoms with Crippen LogP contribution in [0.4, 0.5) is 5.69 Å². The second-order valence-electron chi connectivity index (χ2n) is 3.93. The number of hydrogen-bond acceptors (Lipinski definition) is 3. The standard InChI is InChI=1S/C12H11N5O/c1-17-11(4-5-15-17)12(18)16-8-2-3-9-10(6-8)14-7-13-9/h2-7H,1H3,(H,13,14)(H,16,18). The van der Waals surface area contributed by atoms with Crippen molar-refractivity contribution in [2.75, 3.05) is 5.32 Å². The first kappa shape index (κ1) is 10.5. The van der Waals surface area contributed by atoms with Gasteiger partial charge < -0.3 is 10.3 Å². The molecule has 0 aliphatic rings. The van der Waals surface area contributed by atoms with Gasteiger partial charge in [0, 0.05) is 18.9 Å². The van der Waals surface area contributed by atoms with Gasteiger partial charge in [-0.3, -0.25) is 9.48 Å². The van der Waals surface area contributed by atoms with Crippen LogP contribution >= 0.6 is 0 Å². The van der Waals surface area contributed by atoms with E-state index in [4.69, 9.17) is 0 Å². The van der Waals surface area contributed by atoms with Crippen LogP contribution < -0.4 is 5.32 Å². The Morgan fingerprint density at radius 2 is 2.28 bits per heavy atom. The predicted molar refractivity (Wildman–Crippen MR) is 67.3 cm³/mol. The van der Waals surface area contributed by atoms with Crippen LogP contribution in [0.1, 0.15) is 10.5 Å². The fourth-order valence-corrected chi connectivity index (χ4v) is 1.81. The lowest BCUT2D eigenvalue weighted by molar-refractivity contribution is 0.101. The van der Waals surface area contributed by atoms with Crippen LogP contribution in [0.3, 0.4) is 0 Å². The van der Waals surface area contributed by atoms with Gasteiger partial charge in [-0.2, -0.15) is 5.10 Å². The molecule has 2 N–H and O–H groups in total. The Balaban J connectivity index is 1.88. The third-order valence-corrected chi connectivity index (χ3v) is 2.73. The van der Waals surface area contributed by atoms with Gasteiger partial charge in [0.15, 0.2) is 0 Å². The third-order valence-electron chi connectivity index (χ3n) is 2.73. The number of imidazole rings is 1. The summed E-state index contributed by atoms with van der Waals surface area (Å²) >= 11 is 0. The highest BCUT2D eigenvalue weighted by Crippen LogP contribution is 2.16. The number of nitrogens with zero attached hydrogens (tertiary/aromatic N) is 3. The van der Waals surface area contributed by atoms with E-state index in [2.05, 4.69) is 20.4 Å². The molecule has 0 unspecified atom stereocenters. The molecular formula is C12H11N5O. The normalized spacial score (nSPS) is 10.7. The second-order valence-corrected chi connectivity index (χ2v) is 3.93. The summed E-state index contributed by atoms with van der Waals surface area (Å²) < 4.78 is 1.53. The number of carbonyl (C=O) groups excluding carboxylic acids is 1. The average molecular weight is 241 g/mol. The fourth-order valence-electron chi connectivity index (χ4n) is 1.81. The van der Waals surface area contributed by atoms with Crippen molar-refractivity contribution in [3.63, 3.8) is 0 Å². The molecule has 0 saturated carbocycles. The summed E-state index contributed by atoms with van der Waals surface area (Å²) in [4.78, 5) is 19.1. The van der Waals surface area contributed by atoms with Crippen molar-refractivity contribution in [3.8, 4) is 0 Å². The van der Waals surface area contributed by atoms with E-state index >= 15 is 0 Å². The first-order valence-corrected chi connectivity index (χ1v) is 5.46. The molecule has 18 heavy (non-hydrogen) atoms. The Hall–Kier alpha value is -2.63. The molecule has 90 valence electrons. The van der Waals surface area contributed by atoms with Crippen LogP contribution in [0.2, 0.25) is 0 Å². The van der Waals surface area contributed by atoms with Gasteiger partial charge in [0.05, 0.1) is 17.4 Å². The Kier molecular flexibility index (Phi) is 2.33. The molecule has 0 bridgehead atoms. The van der Waals surface area contributed by atoms with E-state index in [1.807, 2.05) is 18.2 Å². The molecule has 2 heterocycles. The molecule has 0 aliphatic carbocycles. The first-order valence-electron chi connectivity index (χ1n) is 5.46. The number of fused-ring (bicyclic) bond motifs is 1. The molecule has 0 fully saturated rings. The number of carbonyl (C=O) groups is 1. The molecule has 1 amide bonds. The van der Waals surface area contributed by atoms with Crippen molar-refractivity contribution >= 4 is 22.6 Å². The molecule has 0 spiro atoms. The number of hydrogen-bond donors (Lipinski definition) is 2. The van der Waals surface area contributed by atoms with Crippen LogP contribution in [-0.2, 0) is 7.05 Å². The Morgan fingerprint density at radius 3 is 3.06 bits per heavy atom. The number of H-pyrrole nitrogens is 1. The highest BCUT2D eigenvalue weighted by molar-refractivity contribution is 6.03. The Morgan fingerprint density at radius 1 is 1.39 bits per heavy atom. The number of aromatic nitrogens is 4. The topological polar surface area (TPSA) is 75.6 Å². The number of benzene rings is 1. The monoisotopic (exact) mass is 241 g/mol. The van der Waals surface area contributed by atoms with E-state index < -0.39 is 0 Å². The number of aromatic amines is 1. The molecule has 0 atom stereocenters. The molecule has 0 saturated heterocycles. The Bertz CT molecular complexity index is 712. The van der Waals surface area contributed by atoms with E-state index in [9.17, 15) is 4.79 Å². The van der Waals surface area contributed by atoms with E-state index in [1.54, 1.807) is 25.6 Å². The lowest BCUT2D eigenvalue weighted by Gasteiger charge is -2.05. The van der Waals surface area contributed by atoms with Crippen LogP contribution in [0.15, 0.2) is 36.8 Å². The van der Waals surface area contributed by atoms with Gasteiger partial charge >= 0.3 is 0 Å². The smallest absolute Gasteiger partial charge is 0.273 e. The van der Waals surface area contributed by atoms with Gasteiger partial charge in [-0.25, -0.2) is 4.98 Å². The molecule has 6 nitrogen and oxygen atoms in total. The summed E-state index contributed by atoms with van der Waals surface area (Å²) in [7, 11) is 1.73. The van der Waals surface area contributed by atoms with Gasteiger partial charge in [0.1, 0.15) is 5.69 Å².